The van der Waals surface area contributed by atoms with Crippen molar-refractivity contribution in [1.82, 2.24) is 19.6 Å². The Morgan fingerprint density at radius 2 is 2.31 bits per heavy atom. The van der Waals surface area contributed by atoms with Gasteiger partial charge in [0.25, 0.3) is 5.78 Å². The molecule has 2 heterocycles. The van der Waals surface area contributed by atoms with E-state index in [4.69, 9.17) is 11.6 Å². The van der Waals surface area contributed by atoms with Crippen LogP contribution in [0.3, 0.4) is 0 Å². The quantitative estimate of drug-likeness (QED) is 0.383. The van der Waals surface area contributed by atoms with Gasteiger partial charge in [-0.3, -0.25) is 10.1 Å². The molecule has 0 aromatic carbocycles. The van der Waals surface area contributed by atoms with E-state index >= 15 is 0 Å². The lowest BCUT2D eigenvalue weighted by atomic mass is 10.5. The molecular formula is C5H2ClN5O2. The highest BCUT2D eigenvalue weighted by atomic mass is 35.5. The topological polar surface area (TPSA) is 86.2 Å². The van der Waals surface area contributed by atoms with Crippen molar-refractivity contribution < 1.29 is 4.92 Å². The fourth-order valence-corrected chi connectivity index (χ4v) is 1.10. The number of halogens is 1. The van der Waals surface area contributed by atoms with Crippen LogP contribution in [0.4, 0.5) is 5.69 Å². The van der Waals surface area contributed by atoms with Crippen molar-refractivity contribution in [3.63, 3.8) is 0 Å². The molecule has 13 heavy (non-hydrogen) atoms. The van der Waals surface area contributed by atoms with E-state index in [9.17, 15) is 10.1 Å². The molecule has 7 nitrogen and oxygen atoms in total. The summed E-state index contributed by atoms with van der Waals surface area (Å²) in [4.78, 5) is 17.2. The molecule has 0 aliphatic carbocycles. The standard InChI is InChI=1S/C5H2ClN5O2/c6-4-3(11(12)13)1-7-5-8-2-9-10(4)5/h1-2H. The van der Waals surface area contributed by atoms with Gasteiger partial charge in [-0.25, -0.2) is 4.98 Å². The average molecular weight is 200 g/mol. The minimum absolute atomic E-state index is 0.104. The van der Waals surface area contributed by atoms with Crippen LogP contribution < -0.4 is 0 Å². The lowest BCUT2D eigenvalue weighted by Crippen LogP contribution is -1.98. The molecule has 8 heteroatoms. The Kier molecular flexibility index (Phi) is 1.59. The molecule has 2 aromatic heterocycles. The first-order valence-corrected chi connectivity index (χ1v) is 3.56. The molecule has 66 valence electrons. The van der Waals surface area contributed by atoms with Crippen molar-refractivity contribution in [2.45, 2.75) is 0 Å². The Bertz CT molecular complexity index is 481. The van der Waals surface area contributed by atoms with Crippen LogP contribution in [0.1, 0.15) is 0 Å². The van der Waals surface area contributed by atoms with Crippen LogP contribution in [0.5, 0.6) is 0 Å². The maximum atomic E-state index is 10.4. The van der Waals surface area contributed by atoms with E-state index < -0.39 is 4.92 Å². The molecule has 0 spiro atoms. The van der Waals surface area contributed by atoms with Gasteiger partial charge in [0.05, 0.1) is 4.92 Å². The summed E-state index contributed by atoms with van der Waals surface area (Å²) >= 11 is 5.66. The molecule has 0 radical (unpaired) electrons. The number of nitrogens with zero attached hydrogens (tertiary/aromatic N) is 5. The molecule has 2 aromatic rings. The fourth-order valence-electron chi connectivity index (χ4n) is 0.865. The number of nitro groups is 1. The van der Waals surface area contributed by atoms with Crippen LogP contribution in [-0.4, -0.2) is 24.5 Å². The van der Waals surface area contributed by atoms with E-state index in [1.54, 1.807) is 0 Å². The van der Waals surface area contributed by atoms with Gasteiger partial charge in [0.1, 0.15) is 12.5 Å². The number of hydrogen-bond acceptors (Lipinski definition) is 5. The summed E-state index contributed by atoms with van der Waals surface area (Å²) in [6.45, 7) is 0. The molecule has 0 N–H and O–H groups in total. The summed E-state index contributed by atoms with van der Waals surface area (Å²) in [5.74, 6) is 0.232. The Labute approximate surface area is 76.1 Å². The Hall–Kier alpha value is -1.76. The lowest BCUT2D eigenvalue weighted by Gasteiger charge is -1.95. The zero-order valence-corrected chi connectivity index (χ0v) is 6.84. The molecule has 0 fully saturated rings. The molecule has 0 amide bonds. The molecule has 0 saturated heterocycles. The summed E-state index contributed by atoms with van der Waals surface area (Å²) in [5.41, 5.74) is -0.292. The van der Waals surface area contributed by atoms with Gasteiger partial charge < -0.3 is 0 Å². The fraction of sp³-hybridized carbons (Fsp3) is 0. The van der Waals surface area contributed by atoms with E-state index in [1.807, 2.05) is 0 Å². The van der Waals surface area contributed by atoms with Crippen LogP contribution >= 0.6 is 11.6 Å². The Morgan fingerprint density at radius 1 is 1.54 bits per heavy atom. The highest BCUT2D eigenvalue weighted by Gasteiger charge is 2.16. The first kappa shape index (κ1) is 7.87. The second-order valence-corrected chi connectivity index (χ2v) is 2.52. The summed E-state index contributed by atoms with van der Waals surface area (Å²) in [6, 6.07) is 0. The van der Waals surface area contributed by atoms with Gasteiger partial charge in [-0.2, -0.15) is 14.6 Å². The van der Waals surface area contributed by atoms with Crippen molar-refractivity contribution in [1.29, 1.82) is 0 Å². The molecule has 2 rings (SSSR count). The summed E-state index contributed by atoms with van der Waals surface area (Å²) < 4.78 is 1.10. The average Bonchev–Trinajstić information content (AvgIpc) is 2.52. The van der Waals surface area contributed by atoms with Crippen LogP contribution in [0.25, 0.3) is 5.78 Å². The third kappa shape index (κ3) is 1.09. The Morgan fingerprint density at radius 3 is 3.00 bits per heavy atom. The van der Waals surface area contributed by atoms with Crippen molar-refractivity contribution in [2.75, 3.05) is 0 Å². The normalized spacial score (nSPS) is 10.5. The number of rotatable bonds is 1. The number of hydrogen-bond donors (Lipinski definition) is 0. The van der Waals surface area contributed by atoms with E-state index in [0.717, 1.165) is 10.7 Å². The van der Waals surface area contributed by atoms with Crippen LogP contribution in [-0.2, 0) is 0 Å². The van der Waals surface area contributed by atoms with Gasteiger partial charge in [-0.05, 0) is 0 Å². The van der Waals surface area contributed by atoms with Gasteiger partial charge in [-0.15, -0.1) is 0 Å². The molecule has 0 bridgehead atoms. The second-order valence-electron chi connectivity index (χ2n) is 2.16. The summed E-state index contributed by atoms with van der Waals surface area (Å²) in [6.07, 6.45) is 2.27. The summed E-state index contributed by atoms with van der Waals surface area (Å²) in [7, 11) is 0. The lowest BCUT2D eigenvalue weighted by molar-refractivity contribution is -0.385. The third-order valence-corrected chi connectivity index (χ3v) is 1.78. The van der Waals surface area contributed by atoms with Gasteiger partial charge >= 0.3 is 5.69 Å². The van der Waals surface area contributed by atoms with Crippen molar-refractivity contribution in [2.24, 2.45) is 0 Å². The van der Waals surface area contributed by atoms with E-state index in [-0.39, 0.29) is 16.6 Å². The smallest absolute Gasteiger partial charge is 0.258 e. The van der Waals surface area contributed by atoms with Gasteiger partial charge in [0.15, 0.2) is 0 Å². The first-order chi connectivity index (χ1) is 6.20. The first-order valence-electron chi connectivity index (χ1n) is 3.19. The molecule has 0 aliphatic rings. The zero-order valence-electron chi connectivity index (χ0n) is 6.09. The van der Waals surface area contributed by atoms with E-state index in [2.05, 4.69) is 15.1 Å². The SMILES string of the molecule is O=[N+]([O-])c1cnc2ncnn2c1Cl. The van der Waals surface area contributed by atoms with E-state index in [1.165, 1.54) is 6.33 Å². The predicted molar refractivity (Wildman–Crippen MR) is 42.4 cm³/mol. The molecule has 0 unspecified atom stereocenters. The molecule has 0 atom stereocenters. The number of aromatic nitrogens is 4. The predicted octanol–water partition coefficient (Wildman–Crippen LogP) is 0.686. The second kappa shape index (κ2) is 2.63. The van der Waals surface area contributed by atoms with Crippen molar-refractivity contribution in [3.05, 3.63) is 27.8 Å². The van der Waals surface area contributed by atoms with E-state index in [0.29, 0.717) is 0 Å². The minimum Gasteiger partial charge on any atom is -0.258 e. The number of fused-ring (bicyclic) bond motifs is 1. The van der Waals surface area contributed by atoms with Crippen LogP contribution in [0.15, 0.2) is 12.5 Å². The van der Waals surface area contributed by atoms with Crippen LogP contribution in [0.2, 0.25) is 5.15 Å². The van der Waals surface area contributed by atoms with Crippen molar-refractivity contribution in [3.8, 4) is 0 Å². The largest absolute Gasteiger partial charge is 0.324 e. The monoisotopic (exact) mass is 199 g/mol. The maximum absolute atomic E-state index is 10.4. The van der Waals surface area contributed by atoms with Crippen LogP contribution in [0, 0.1) is 10.1 Å². The zero-order chi connectivity index (χ0) is 9.42. The van der Waals surface area contributed by atoms with Gasteiger partial charge in [0.2, 0.25) is 5.15 Å². The molecule has 0 saturated carbocycles. The third-order valence-electron chi connectivity index (χ3n) is 1.43. The molecule has 0 aliphatic heterocycles. The summed E-state index contributed by atoms with van der Waals surface area (Å²) in [5, 5.41) is 14.0. The Balaban J connectivity index is 2.80. The highest BCUT2D eigenvalue weighted by molar-refractivity contribution is 6.31. The minimum atomic E-state index is -0.629. The maximum Gasteiger partial charge on any atom is 0.324 e. The van der Waals surface area contributed by atoms with Gasteiger partial charge in [-0.1, -0.05) is 11.6 Å². The molecular weight excluding hydrogens is 198 g/mol. The highest BCUT2D eigenvalue weighted by Crippen LogP contribution is 2.21. The van der Waals surface area contributed by atoms with Crippen molar-refractivity contribution >= 4 is 23.1 Å². The van der Waals surface area contributed by atoms with Gasteiger partial charge in [0, 0.05) is 0 Å².